The Labute approximate surface area is 111 Å². The first-order valence-electron chi connectivity index (χ1n) is 5.92. The lowest BCUT2D eigenvalue weighted by atomic mass is 10.3. The van der Waals surface area contributed by atoms with Crippen LogP contribution >= 0.6 is 11.3 Å². The normalized spacial score (nSPS) is 10.6. The van der Waals surface area contributed by atoms with Gasteiger partial charge >= 0.3 is 0 Å². The van der Waals surface area contributed by atoms with Gasteiger partial charge in [0.25, 0.3) is 0 Å². The predicted molar refractivity (Wildman–Crippen MR) is 73.1 cm³/mol. The maximum Gasteiger partial charge on any atom is 0.213 e. The zero-order valence-corrected chi connectivity index (χ0v) is 11.5. The molecule has 5 heteroatoms. The van der Waals surface area contributed by atoms with E-state index in [1.54, 1.807) is 11.3 Å². The van der Waals surface area contributed by atoms with E-state index in [1.807, 2.05) is 37.7 Å². The summed E-state index contributed by atoms with van der Waals surface area (Å²) in [6.07, 6.45) is 0.883. The number of nitrogens with one attached hydrogen (secondary N) is 1. The monoisotopic (exact) mass is 263 g/mol. The molecule has 0 aliphatic carbocycles. The van der Waals surface area contributed by atoms with E-state index >= 15 is 0 Å². The van der Waals surface area contributed by atoms with Crippen molar-refractivity contribution in [2.75, 3.05) is 13.7 Å². The van der Waals surface area contributed by atoms with Gasteiger partial charge < -0.3 is 10.1 Å². The number of aromatic nitrogens is 2. The van der Waals surface area contributed by atoms with Gasteiger partial charge in [-0.15, -0.1) is 11.3 Å². The minimum Gasteiger partial charge on any atom is -0.477 e. The molecule has 0 bridgehead atoms. The van der Waals surface area contributed by atoms with Crippen LogP contribution in [0.1, 0.15) is 16.3 Å². The fourth-order valence-electron chi connectivity index (χ4n) is 1.63. The molecule has 4 nitrogen and oxygen atoms in total. The standard InChI is InChI=1S/C13H17N3OS/c1-10-12(18-9-15-10)6-7-17-13-5-3-4-11(16-13)8-14-2/h3-5,9,14H,6-8H2,1-2H3. The molecule has 0 fully saturated rings. The van der Waals surface area contributed by atoms with E-state index in [2.05, 4.69) is 15.3 Å². The third kappa shape index (κ3) is 3.51. The summed E-state index contributed by atoms with van der Waals surface area (Å²) >= 11 is 1.67. The zero-order valence-electron chi connectivity index (χ0n) is 10.6. The van der Waals surface area contributed by atoms with Gasteiger partial charge in [0, 0.05) is 23.9 Å². The molecule has 2 aromatic heterocycles. The van der Waals surface area contributed by atoms with E-state index < -0.39 is 0 Å². The highest BCUT2D eigenvalue weighted by atomic mass is 32.1. The van der Waals surface area contributed by atoms with Crippen molar-refractivity contribution in [3.05, 3.63) is 40.0 Å². The van der Waals surface area contributed by atoms with Crippen LogP contribution < -0.4 is 10.1 Å². The molecule has 0 aromatic carbocycles. The number of rotatable bonds is 6. The smallest absolute Gasteiger partial charge is 0.213 e. The topological polar surface area (TPSA) is 47.0 Å². The second kappa shape index (κ2) is 6.47. The Kier molecular flexibility index (Phi) is 4.66. The summed E-state index contributed by atoms with van der Waals surface area (Å²) in [6.45, 7) is 3.42. The fraction of sp³-hybridized carbons (Fsp3) is 0.385. The summed E-state index contributed by atoms with van der Waals surface area (Å²) in [5.74, 6) is 0.685. The van der Waals surface area contributed by atoms with Crippen LogP contribution in [0, 0.1) is 6.92 Å². The van der Waals surface area contributed by atoms with E-state index in [0.29, 0.717) is 12.5 Å². The molecule has 0 aliphatic heterocycles. The van der Waals surface area contributed by atoms with Gasteiger partial charge in [-0.2, -0.15) is 0 Å². The summed E-state index contributed by atoms with van der Waals surface area (Å²) in [7, 11) is 1.90. The number of aryl methyl sites for hydroxylation is 1. The molecular weight excluding hydrogens is 246 g/mol. The molecule has 0 unspecified atom stereocenters. The minimum atomic E-state index is 0.638. The molecule has 0 saturated heterocycles. The minimum absolute atomic E-state index is 0.638. The molecule has 0 atom stereocenters. The molecule has 96 valence electrons. The SMILES string of the molecule is CNCc1cccc(OCCc2scnc2C)n1. The van der Waals surface area contributed by atoms with Crippen molar-refractivity contribution >= 4 is 11.3 Å². The zero-order chi connectivity index (χ0) is 12.8. The van der Waals surface area contributed by atoms with Gasteiger partial charge in [0.2, 0.25) is 5.88 Å². The Morgan fingerprint density at radius 1 is 1.39 bits per heavy atom. The summed E-state index contributed by atoms with van der Waals surface area (Å²) in [4.78, 5) is 9.91. The third-order valence-corrected chi connectivity index (χ3v) is 3.56. The van der Waals surface area contributed by atoms with E-state index in [1.165, 1.54) is 4.88 Å². The molecule has 0 amide bonds. The molecule has 2 rings (SSSR count). The highest BCUT2D eigenvalue weighted by Crippen LogP contribution is 2.14. The molecule has 0 radical (unpaired) electrons. The summed E-state index contributed by atoms with van der Waals surface area (Å²) in [5.41, 5.74) is 3.96. The van der Waals surface area contributed by atoms with E-state index in [4.69, 9.17) is 4.74 Å². The highest BCUT2D eigenvalue weighted by Gasteiger charge is 2.02. The third-order valence-electron chi connectivity index (χ3n) is 2.56. The van der Waals surface area contributed by atoms with Crippen LogP contribution in [0.25, 0.3) is 0 Å². The fourth-order valence-corrected chi connectivity index (χ4v) is 2.39. The van der Waals surface area contributed by atoms with E-state index in [9.17, 15) is 0 Å². The van der Waals surface area contributed by atoms with Crippen LogP contribution in [-0.2, 0) is 13.0 Å². The van der Waals surface area contributed by atoms with Gasteiger partial charge in [-0.3, -0.25) is 0 Å². The Bertz CT molecular complexity index is 498. The van der Waals surface area contributed by atoms with Crippen molar-refractivity contribution in [3.63, 3.8) is 0 Å². The second-order valence-electron chi connectivity index (χ2n) is 3.96. The van der Waals surface area contributed by atoms with Gasteiger partial charge in [-0.1, -0.05) is 6.07 Å². The van der Waals surface area contributed by atoms with Crippen LogP contribution in [0.15, 0.2) is 23.7 Å². The number of nitrogens with zero attached hydrogens (tertiary/aromatic N) is 2. The van der Waals surface area contributed by atoms with Crippen molar-refractivity contribution in [1.82, 2.24) is 15.3 Å². The Morgan fingerprint density at radius 3 is 3.00 bits per heavy atom. The molecule has 0 aliphatic rings. The van der Waals surface area contributed by atoms with Crippen molar-refractivity contribution in [1.29, 1.82) is 0 Å². The number of hydrogen-bond acceptors (Lipinski definition) is 5. The molecule has 1 N–H and O–H groups in total. The van der Waals surface area contributed by atoms with Crippen LogP contribution in [0.3, 0.4) is 0 Å². The summed E-state index contributed by atoms with van der Waals surface area (Å²) < 4.78 is 5.66. The van der Waals surface area contributed by atoms with Crippen LogP contribution in [0.2, 0.25) is 0 Å². The van der Waals surface area contributed by atoms with E-state index in [0.717, 1.165) is 24.4 Å². The number of thiazole rings is 1. The van der Waals surface area contributed by atoms with Crippen LogP contribution in [-0.4, -0.2) is 23.6 Å². The average Bonchev–Trinajstić information content (AvgIpc) is 2.76. The number of pyridine rings is 1. The maximum atomic E-state index is 5.66. The maximum absolute atomic E-state index is 5.66. The first-order valence-corrected chi connectivity index (χ1v) is 6.80. The quantitative estimate of drug-likeness (QED) is 0.868. The largest absolute Gasteiger partial charge is 0.477 e. The Morgan fingerprint density at radius 2 is 2.28 bits per heavy atom. The van der Waals surface area contributed by atoms with Crippen molar-refractivity contribution in [3.8, 4) is 5.88 Å². The Balaban J connectivity index is 1.86. The van der Waals surface area contributed by atoms with Gasteiger partial charge in [0.15, 0.2) is 0 Å². The predicted octanol–water partition coefficient (Wildman–Crippen LogP) is 2.19. The van der Waals surface area contributed by atoms with Gasteiger partial charge in [-0.25, -0.2) is 9.97 Å². The first kappa shape index (κ1) is 13.0. The number of hydrogen-bond donors (Lipinski definition) is 1. The van der Waals surface area contributed by atoms with E-state index in [-0.39, 0.29) is 0 Å². The molecule has 2 heterocycles. The van der Waals surface area contributed by atoms with Crippen LogP contribution in [0.5, 0.6) is 5.88 Å². The molecule has 18 heavy (non-hydrogen) atoms. The van der Waals surface area contributed by atoms with Gasteiger partial charge in [0.05, 0.1) is 23.5 Å². The lowest BCUT2D eigenvalue weighted by molar-refractivity contribution is 0.309. The lowest BCUT2D eigenvalue weighted by Crippen LogP contribution is -2.08. The van der Waals surface area contributed by atoms with Gasteiger partial charge in [0.1, 0.15) is 0 Å². The van der Waals surface area contributed by atoms with Crippen LogP contribution in [0.4, 0.5) is 0 Å². The van der Waals surface area contributed by atoms with Gasteiger partial charge in [-0.05, 0) is 20.0 Å². The lowest BCUT2D eigenvalue weighted by Gasteiger charge is -2.06. The molecule has 0 spiro atoms. The Hall–Kier alpha value is -1.46. The van der Waals surface area contributed by atoms with Crippen molar-refractivity contribution in [2.24, 2.45) is 0 Å². The summed E-state index contributed by atoms with van der Waals surface area (Å²) in [5, 5.41) is 3.07. The van der Waals surface area contributed by atoms with Crippen molar-refractivity contribution in [2.45, 2.75) is 19.9 Å². The van der Waals surface area contributed by atoms with Crippen molar-refractivity contribution < 1.29 is 4.74 Å². The molecule has 0 saturated carbocycles. The summed E-state index contributed by atoms with van der Waals surface area (Å²) in [6, 6.07) is 5.84. The molecular formula is C13H17N3OS. The average molecular weight is 263 g/mol. The second-order valence-corrected chi connectivity index (χ2v) is 4.90. The number of ether oxygens (including phenoxy) is 1. The highest BCUT2D eigenvalue weighted by molar-refractivity contribution is 7.09. The molecule has 2 aromatic rings. The first-order chi connectivity index (χ1) is 8.79.